The van der Waals surface area contributed by atoms with Gasteiger partial charge in [0.1, 0.15) is 5.75 Å². The molecule has 3 rings (SSSR count). The molecule has 0 aliphatic heterocycles. The molecule has 0 heterocycles. The van der Waals surface area contributed by atoms with Crippen LogP contribution in [0.25, 0.3) is 0 Å². The van der Waals surface area contributed by atoms with Gasteiger partial charge in [-0.1, -0.05) is 54.6 Å². The van der Waals surface area contributed by atoms with Gasteiger partial charge in [0.15, 0.2) is 0 Å². The number of nitrogens with one attached hydrogen (secondary N) is 1. The van der Waals surface area contributed by atoms with E-state index in [1.165, 1.54) is 5.56 Å². The molecule has 0 radical (unpaired) electrons. The van der Waals surface area contributed by atoms with Crippen LogP contribution in [-0.4, -0.2) is 12.5 Å². The van der Waals surface area contributed by atoms with Gasteiger partial charge in [-0.2, -0.15) is 0 Å². The standard InChI is InChI=1S/C24H25NO2S/c1-3-27-21-15-13-20(14-16-21)18(2)25-24(26)22-11-7-8-12-23(22)28-17-19-9-5-4-6-10-19/h4-16,18H,3,17H2,1-2H3,(H,25,26). The van der Waals surface area contributed by atoms with Gasteiger partial charge >= 0.3 is 0 Å². The number of thioether (sulfide) groups is 1. The normalized spacial score (nSPS) is 11.6. The van der Waals surface area contributed by atoms with E-state index in [0.29, 0.717) is 12.2 Å². The molecule has 0 aromatic heterocycles. The van der Waals surface area contributed by atoms with E-state index in [2.05, 4.69) is 17.4 Å². The van der Waals surface area contributed by atoms with Crippen molar-refractivity contribution < 1.29 is 9.53 Å². The molecule has 1 atom stereocenters. The van der Waals surface area contributed by atoms with Crippen LogP contribution in [0.5, 0.6) is 5.75 Å². The number of carbonyl (C=O) groups excluding carboxylic acids is 1. The lowest BCUT2D eigenvalue weighted by atomic mass is 10.1. The molecule has 0 saturated carbocycles. The molecule has 3 nitrogen and oxygen atoms in total. The highest BCUT2D eigenvalue weighted by atomic mass is 32.2. The summed E-state index contributed by atoms with van der Waals surface area (Å²) < 4.78 is 5.48. The van der Waals surface area contributed by atoms with E-state index in [4.69, 9.17) is 4.74 Å². The van der Waals surface area contributed by atoms with Crippen LogP contribution < -0.4 is 10.1 Å². The van der Waals surface area contributed by atoms with Gasteiger partial charge in [0, 0.05) is 10.6 Å². The first-order valence-corrected chi connectivity index (χ1v) is 10.5. The zero-order valence-corrected chi connectivity index (χ0v) is 17.0. The molecule has 1 unspecified atom stereocenters. The maximum atomic E-state index is 12.9. The third-order valence-electron chi connectivity index (χ3n) is 4.41. The molecule has 0 aliphatic rings. The minimum atomic E-state index is -0.0876. The number of ether oxygens (including phenoxy) is 1. The lowest BCUT2D eigenvalue weighted by Gasteiger charge is -2.16. The first-order valence-electron chi connectivity index (χ1n) is 9.46. The highest BCUT2D eigenvalue weighted by Gasteiger charge is 2.15. The number of rotatable bonds is 8. The molecule has 0 aliphatic carbocycles. The van der Waals surface area contributed by atoms with E-state index in [0.717, 1.165) is 22.0 Å². The van der Waals surface area contributed by atoms with Crippen LogP contribution in [0.15, 0.2) is 83.8 Å². The molecule has 0 fully saturated rings. The minimum Gasteiger partial charge on any atom is -0.494 e. The van der Waals surface area contributed by atoms with Crippen molar-refractivity contribution in [2.24, 2.45) is 0 Å². The van der Waals surface area contributed by atoms with E-state index < -0.39 is 0 Å². The van der Waals surface area contributed by atoms with Gasteiger partial charge in [0.05, 0.1) is 18.2 Å². The van der Waals surface area contributed by atoms with Gasteiger partial charge in [0.2, 0.25) is 0 Å². The number of carbonyl (C=O) groups is 1. The molecular weight excluding hydrogens is 366 g/mol. The summed E-state index contributed by atoms with van der Waals surface area (Å²) in [5, 5.41) is 3.11. The lowest BCUT2D eigenvalue weighted by molar-refractivity contribution is 0.0937. The van der Waals surface area contributed by atoms with Crippen LogP contribution >= 0.6 is 11.8 Å². The van der Waals surface area contributed by atoms with Crippen molar-refractivity contribution in [1.29, 1.82) is 0 Å². The Kier molecular flexibility index (Phi) is 7.15. The van der Waals surface area contributed by atoms with Crippen molar-refractivity contribution in [3.63, 3.8) is 0 Å². The Balaban J connectivity index is 1.66. The smallest absolute Gasteiger partial charge is 0.252 e. The molecule has 28 heavy (non-hydrogen) atoms. The van der Waals surface area contributed by atoms with Crippen LogP contribution in [0.1, 0.15) is 41.4 Å². The highest BCUT2D eigenvalue weighted by Crippen LogP contribution is 2.27. The van der Waals surface area contributed by atoms with Crippen LogP contribution in [-0.2, 0) is 5.75 Å². The van der Waals surface area contributed by atoms with E-state index in [1.807, 2.05) is 80.6 Å². The monoisotopic (exact) mass is 391 g/mol. The third kappa shape index (κ3) is 5.40. The van der Waals surface area contributed by atoms with Crippen LogP contribution in [0.3, 0.4) is 0 Å². The van der Waals surface area contributed by atoms with Gasteiger partial charge in [0.25, 0.3) is 5.91 Å². The highest BCUT2D eigenvalue weighted by molar-refractivity contribution is 7.98. The SMILES string of the molecule is CCOc1ccc(C(C)NC(=O)c2ccccc2SCc2ccccc2)cc1. The predicted octanol–water partition coefficient (Wildman–Crippen LogP) is 5.87. The number of benzene rings is 3. The Morgan fingerprint density at radius 2 is 1.64 bits per heavy atom. The summed E-state index contributed by atoms with van der Waals surface area (Å²) in [6, 6.07) is 25.8. The minimum absolute atomic E-state index is 0.0578. The van der Waals surface area contributed by atoms with Gasteiger partial charge in [-0.25, -0.2) is 0 Å². The van der Waals surface area contributed by atoms with E-state index in [1.54, 1.807) is 11.8 Å². The summed E-state index contributed by atoms with van der Waals surface area (Å²) >= 11 is 1.68. The molecule has 1 amide bonds. The van der Waals surface area contributed by atoms with E-state index >= 15 is 0 Å². The summed E-state index contributed by atoms with van der Waals surface area (Å²) in [5.74, 6) is 1.62. The Hall–Kier alpha value is -2.72. The Morgan fingerprint density at radius 1 is 0.964 bits per heavy atom. The fourth-order valence-corrected chi connectivity index (χ4v) is 3.90. The molecule has 3 aromatic carbocycles. The van der Waals surface area contributed by atoms with Crippen molar-refractivity contribution >= 4 is 17.7 Å². The maximum Gasteiger partial charge on any atom is 0.252 e. The molecule has 1 N–H and O–H groups in total. The van der Waals surface area contributed by atoms with Crippen molar-refractivity contribution in [1.82, 2.24) is 5.32 Å². The van der Waals surface area contributed by atoms with Crippen molar-refractivity contribution in [3.8, 4) is 5.75 Å². The van der Waals surface area contributed by atoms with Crippen molar-refractivity contribution in [2.45, 2.75) is 30.5 Å². The van der Waals surface area contributed by atoms with Gasteiger partial charge in [-0.3, -0.25) is 4.79 Å². The summed E-state index contributed by atoms with van der Waals surface area (Å²) in [7, 11) is 0. The molecule has 0 bridgehead atoms. The largest absolute Gasteiger partial charge is 0.494 e. The molecule has 4 heteroatoms. The average Bonchev–Trinajstić information content (AvgIpc) is 2.74. The third-order valence-corrected chi connectivity index (χ3v) is 5.55. The lowest BCUT2D eigenvalue weighted by Crippen LogP contribution is -2.27. The van der Waals surface area contributed by atoms with Gasteiger partial charge < -0.3 is 10.1 Å². The predicted molar refractivity (Wildman–Crippen MR) is 116 cm³/mol. The molecule has 0 saturated heterocycles. The summed E-state index contributed by atoms with van der Waals surface area (Å²) in [6.45, 7) is 4.60. The van der Waals surface area contributed by atoms with Gasteiger partial charge in [-0.05, 0) is 49.2 Å². The van der Waals surface area contributed by atoms with Crippen LogP contribution in [0.2, 0.25) is 0 Å². The number of hydrogen-bond acceptors (Lipinski definition) is 3. The second-order valence-corrected chi connectivity index (χ2v) is 7.48. The summed E-state index contributed by atoms with van der Waals surface area (Å²) in [5.41, 5.74) is 3.00. The summed E-state index contributed by atoms with van der Waals surface area (Å²) in [6.07, 6.45) is 0. The Bertz CT molecular complexity index is 894. The molecule has 0 spiro atoms. The van der Waals surface area contributed by atoms with Crippen molar-refractivity contribution in [3.05, 3.63) is 95.6 Å². The average molecular weight is 392 g/mol. The van der Waals surface area contributed by atoms with Crippen molar-refractivity contribution in [2.75, 3.05) is 6.61 Å². The van der Waals surface area contributed by atoms with Crippen LogP contribution in [0.4, 0.5) is 0 Å². The first-order chi connectivity index (χ1) is 13.7. The zero-order chi connectivity index (χ0) is 19.8. The summed E-state index contributed by atoms with van der Waals surface area (Å²) in [4.78, 5) is 13.9. The van der Waals surface area contributed by atoms with E-state index in [9.17, 15) is 4.79 Å². The Morgan fingerprint density at radius 3 is 2.36 bits per heavy atom. The fourth-order valence-electron chi connectivity index (χ4n) is 2.89. The quantitative estimate of drug-likeness (QED) is 0.488. The number of amides is 1. The molecule has 144 valence electrons. The Labute approximate surface area is 171 Å². The topological polar surface area (TPSA) is 38.3 Å². The first kappa shape index (κ1) is 20.0. The second-order valence-electron chi connectivity index (χ2n) is 6.47. The number of hydrogen-bond donors (Lipinski definition) is 1. The van der Waals surface area contributed by atoms with E-state index in [-0.39, 0.29) is 11.9 Å². The van der Waals surface area contributed by atoms with Crippen LogP contribution in [0, 0.1) is 0 Å². The second kappa shape index (κ2) is 10.00. The molecular formula is C24H25NO2S. The fraction of sp³-hybridized carbons (Fsp3) is 0.208. The zero-order valence-electron chi connectivity index (χ0n) is 16.2. The molecule has 3 aromatic rings. The maximum absolute atomic E-state index is 12.9. The van der Waals surface area contributed by atoms with Gasteiger partial charge in [-0.15, -0.1) is 11.8 Å².